The second-order valence-corrected chi connectivity index (χ2v) is 8.71. The van der Waals surface area contributed by atoms with E-state index in [-0.39, 0.29) is 5.91 Å². The van der Waals surface area contributed by atoms with Crippen LogP contribution in [0, 0.1) is 0 Å². The van der Waals surface area contributed by atoms with E-state index >= 15 is 0 Å². The van der Waals surface area contributed by atoms with Gasteiger partial charge in [0.1, 0.15) is 5.60 Å². The van der Waals surface area contributed by atoms with Crippen LogP contribution in [0.25, 0.3) is 0 Å². The standard InChI is InChI=1S/C23H35N5O2/c1-2-24-22(25-18-23(30)10-9-19-7-3-4-8-20(19)23)28-15-13-26(14-16-28)17-21(29)27-11-5-6-12-27/h3-4,7-8,30H,2,5-6,9-18H2,1H3,(H,24,25). The predicted molar refractivity (Wildman–Crippen MR) is 118 cm³/mol. The average molecular weight is 414 g/mol. The number of likely N-dealkylation sites (tertiary alicyclic amines) is 1. The molecule has 0 saturated carbocycles. The van der Waals surface area contributed by atoms with Crippen LogP contribution in [0.1, 0.15) is 37.3 Å². The third kappa shape index (κ3) is 4.62. The zero-order chi connectivity index (χ0) is 21.0. The highest BCUT2D eigenvalue weighted by Gasteiger charge is 2.36. The van der Waals surface area contributed by atoms with Crippen molar-refractivity contribution in [1.29, 1.82) is 0 Å². The number of hydrogen-bond donors (Lipinski definition) is 2. The van der Waals surface area contributed by atoms with E-state index in [0.717, 1.165) is 83.0 Å². The van der Waals surface area contributed by atoms with Crippen LogP contribution in [0.2, 0.25) is 0 Å². The number of hydrogen-bond acceptors (Lipinski definition) is 4. The largest absolute Gasteiger partial charge is 0.383 e. The molecule has 2 heterocycles. The Morgan fingerprint density at radius 1 is 1.10 bits per heavy atom. The first-order valence-electron chi connectivity index (χ1n) is 11.4. The van der Waals surface area contributed by atoms with Crippen molar-refractivity contribution in [2.75, 3.05) is 58.9 Å². The molecule has 30 heavy (non-hydrogen) atoms. The summed E-state index contributed by atoms with van der Waals surface area (Å²) in [7, 11) is 0. The zero-order valence-electron chi connectivity index (χ0n) is 18.1. The van der Waals surface area contributed by atoms with Gasteiger partial charge >= 0.3 is 0 Å². The summed E-state index contributed by atoms with van der Waals surface area (Å²) in [6, 6.07) is 8.16. The zero-order valence-corrected chi connectivity index (χ0v) is 18.1. The van der Waals surface area contributed by atoms with Crippen molar-refractivity contribution in [2.45, 2.75) is 38.2 Å². The fraction of sp³-hybridized carbons (Fsp3) is 0.652. The molecule has 1 aromatic carbocycles. The number of piperazine rings is 1. The van der Waals surface area contributed by atoms with Crippen molar-refractivity contribution in [3.8, 4) is 0 Å². The van der Waals surface area contributed by atoms with E-state index in [1.807, 2.05) is 23.1 Å². The number of amides is 1. The molecular weight excluding hydrogens is 378 g/mol. The minimum absolute atomic E-state index is 0.267. The Morgan fingerprint density at radius 2 is 1.83 bits per heavy atom. The molecule has 2 aliphatic heterocycles. The number of rotatable bonds is 5. The minimum atomic E-state index is -0.874. The number of aryl methyl sites for hydroxylation is 1. The van der Waals surface area contributed by atoms with Crippen molar-refractivity contribution < 1.29 is 9.90 Å². The number of guanidine groups is 1. The molecule has 1 unspecified atom stereocenters. The van der Waals surface area contributed by atoms with Gasteiger partial charge in [-0.1, -0.05) is 24.3 Å². The molecule has 1 aromatic rings. The van der Waals surface area contributed by atoms with Gasteiger partial charge < -0.3 is 20.2 Å². The highest BCUT2D eigenvalue weighted by atomic mass is 16.3. The maximum Gasteiger partial charge on any atom is 0.236 e. The summed E-state index contributed by atoms with van der Waals surface area (Å²) in [5, 5.41) is 14.6. The molecule has 2 saturated heterocycles. The van der Waals surface area contributed by atoms with Crippen LogP contribution in [-0.2, 0) is 16.8 Å². The lowest BCUT2D eigenvalue weighted by Crippen LogP contribution is -2.54. The number of fused-ring (bicyclic) bond motifs is 1. The van der Waals surface area contributed by atoms with E-state index in [0.29, 0.717) is 13.1 Å². The Bertz CT molecular complexity index is 769. The van der Waals surface area contributed by atoms with E-state index in [2.05, 4.69) is 28.1 Å². The van der Waals surface area contributed by atoms with Gasteiger partial charge in [-0.2, -0.15) is 0 Å². The number of carbonyl (C=O) groups is 1. The number of carbonyl (C=O) groups excluding carboxylic acids is 1. The molecule has 0 aromatic heterocycles. The smallest absolute Gasteiger partial charge is 0.236 e. The van der Waals surface area contributed by atoms with Crippen molar-refractivity contribution in [1.82, 2.24) is 20.0 Å². The molecule has 164 valence electrons. The molecule has 0 spiro atoms. The maximum absolute atomic E-state index is 12.4. The summed E-state index contributed by atoms with van der Waals surface area (Å²) in [5.41, 5.74) is 1.38. The number of nitrogens with one attached hydrogen (secondary N) is 1. The summed E-state index contributed by atoms with van der Waals surface area (Å²) >= 11 is 0. The molecular formula is C23H35N5O2. The van der Waals surface area contributed by atoms with Crippen LogP contribution >= 0.6 is 0 Å². The third-order valence-electron chi connectivity index (χ3n) is 6.64. The lowest BCUT2D eigenvalue weighted by molar-refractivity contribution is -0.131. The van der Waals surface area contributed by atoms with E-state index in [9.17, 15) is 9.90 Å². The number of benzene rings is 1. The van der Waals surface area contributed by atoms with Crippen molar-refractivity contribution in [2.24, 2.45) is 4.99 Å². The molecule has 7 heteroatoms. The van der Waals surface area contributed by atoms with Gasteiger partial charge in [-0.25, -0.2) is 4.99 Å². The molecule has 3 aliphatic rings. The third-order valence-corrected chi connectivity index (χ3v) is 6.64. The molecule has 1 aliphatic carbocycles. The minimum Gasteiger partial charge on any atom is -0.383 e. The molecule has 2 fully saturated rings. The quantitative estimate of drug-likeness (QED) is 0.557. The van der Waals surface area contributed by atoms with Crippen molar-refractivity contribution in [3.63, 3.8) is 0 Å². The fourth-order valence-electron chi connectivity index (χ4n) is 4.84. The Kier molecular flexibility index (Phi) is 6.58. The predicted octanol–water partition coefficient (Wildman–Crippen LogP) is 1.03. The molecule has 0 bridgehead atoms. The summed E-state index contributed by atoms with van der Waals surface area (Å²) in [6.07, 6.45) is 3.90. The highest BCUT2D eigenvalue weighted by Crippen LogP contribution is 2.36. The molecule has 2 N–H and O–H groups in total. The number of aliphatic hydroxyl groups is 1. The van der Waals surface area contributed by atoms with Gasteiger partial charge in [0.2, 0.25) is 5.91 Å². The lowest BCUT2D eigenvalue weighted by atomic mass is 9.96. The van der Waals surface area contributed by atoms with Gasteiger partial charge in [0.05, 0.1) is 13.1 Å². The van der Waals surface area contributed by atoms with Crippen molar-refractivity contribution >= 4 is 11.9 Å². The van der Waals surface area contributed by atoms with Gasteiger partial charge in [0.15, 0.2) is 5.96 Å². The topological polar surface area (TPSA) is 71.4 Å². The van der Waals surface area contributed by atoms with E-state index in [1.54, 1.807) is 0 Å². The summed E-state index contributed by atoms with van der Waals surface area (Å²) in [4.78, 5) is 23.8. The van der Waals surface area contributed by atoms with Crippen LogP contribution < -0.4 is 5.32 Å². The van der Waals surface area contributed by atoms with Gasteiger partial charge in [0, 0.05) is 45.8 Å². The fourth-order valence-corrected chi connectivity index (χ4v) is 4.84. The Hall–Kier alpha value is -2.12. The first kappa shape index (κ1) is 21.1. The highest BCUT2D eigenvalue weighted by molar-refractivity contribution is 5.80. The molecule has 4 rings (SSSR count). The van der Waals surface area contributed by atoms with Crippen LogP contribution in [0.15, 0.2) is 29.3 Å². The van der Waals surface area contributed by atoms with Gasteiger partial charge in [-0.15, -0.1) is 0 Å². The van der Waals surface area contributed by atoms with Crippen molar-refractivity contribution in [3.05, 3.63) is 35.4 Å². The first-order chi connectivity index (χ1) is 14.6. The normalized spacial score (nSPS) is 24.9. The molecule has 7 nitrogen and oxygen atoms in total. The van der Waals surface area contributed by atoms with Gasteiger partial charge in [0.25, 0.3) is 0 Å². The second-order valence-electron chi connectivity index (χ2n) is 8.71. The first-order valence-corrected chi connectivity index (χ1v) is 11.4. The average Bonchev–Trinajstić information content (AvgIpc) is 3.41. The van der Waals surface area contributed by atoms with Crippen LogP contribution in [-0.4, -0.2) is 90.6 Å². The second kappa shape index (κ2) is 9.35. The SMILES string of the molecule is CCNC(=NCC1(O)CCc2ccccc21)N1CCN(CC(=O)N2CCCC2)CC1. The van der Waals surface area contributed by atoms with E-state index in [4.69, 9.17) is 4.99 Å². The van der Waals surface area contributed by atoms with Gasteiger partial charge in [-0.3, -0.25) is 9.69 Å². The maximum atomic E-state index is 12.4. The van der Waals surface area contributed by atoms with E-state index in [1.165, 1.54) is 5.56 Å². The van der Waals surface area contributed by atoms with E-state index < -0.39 is 5.60 Å². The van der Waals surface area contributed by atoms with Crippen LogP contribution in [0.3, 0.4) is 0 Å². The van der Waals surface area contributed by atoms with Crippen LogP contribution in [0.4, 0.5) is 0 Å². The Morgan fingerprint density at radius 3 is 2.57 bits per heavy atom. The monoisotopic (exact) mass is 413 g/mol. The number of nitrogens with zero attached hydrogens (tertiary/aromatic N) is 4. The number of aliphatic imine (C=N–C) groups is 1. The lowest BCUT2D eigenvalue weighted by Gasteiger charge is -2.37. The van der Waals surface area contributed by atoms with Crippen LogP contribution in [0.5, 0.6) is 0 Å². The molecule has 1 amide bonds. The summed E-state index contributed by atoms with van der Waals surface area (Å²) < 4.78 is 0. The summed E-state index contributed by atoms with van der Waals surface area (Å²) in [6.45, 7) is 9.00. The Labute approximate surface area is 179 Å². The molecule has 0 radical (unpaired) electrons. The Balaban J connectivity index is 1.34. The molecule has 1 atom stereocenters. The van der Waals surface area contributed by atoms with Gasteiger partial charge in [-0.05, 0) is 43.7 Å². The summed E-state index contributed by atoms with van der Waals surface area (Å²) in [5.74, 6) is 1.13.